The van der Waals surface area contributed by atoms with Crippen LogP contribution in [0.25, 0.3) is 0 Å². The van der Waals surface area contributed by atoms with Crippen molar-refractivity contribution < 1.29 is 28.6 Å². The molecule has 2 saturated heterocycles. The Hall–Kier alpha value is -2.12. The van der Waals surface area contributed by atoms with E-state index in [1.165, 1.54) is 0 Å². The average molecular weight is 289 g/mol. The van der Waals surface area contributed by atoms with Crippen molar-refractivity contribution in [3.63, 3.8) is 0 Å². The van der Waals surface area contributed by atoms with Gasteiger partial charge in [-0.2, -0.15) is 0 Å². The Kier molecular flexibility index (Phi) is 2.17. The fourth-order valence-corrected chi connectivity index (χ4v) is 3.15. The van der Waals surface area contributed by atoms with E-state index >= 15 is 0 Å². The zero-order chi connectivity index (χ0) is 14.0. The number of nitrogens with zero attached hydrogens (tertiary/aromatic N) is 1. The Labute approximate surface area is 119 Å². The summed E-state index contributed by atoms with van der Waals surface area (Å²) in [4.78, 5) is 17.8. The normalized spacial score (nSPS) is 35.4. The minimum atomic E-state index is -0.794. The van der Waals surface area contributed by atoms with Gasteiger partial charge in [0.1, 0.15) is 17.7 Å². The van der Waals surface area contributed by atoms with Crippen LogP contribution in [-0.2, 0) is 19.1 Å². The molecule has 0 unspecified atom stereocenters. The number of ketones is 1. The van der Waals surface area contributed by atoms with Gasteiger partial charge < -0.3 is 23.8 Å². The molecular formula is C14H11NO6. The summed E-state index contributed by atoms with van der Waals surface area (Å²) in [7, 11) is 0. The summed E-state index contributed by atoms with van der Waals surface area (Å²) >= 11 is 0. The Balaban J connectivity index is 1.54. The van der Waals surface area contributed by atoms with E-state index in [9.17, 15) is 4.79 Å². The second-order valence-corrected chi connectivity index (χ2v) is 5.33. The number of fused-ring (bicyclic) bond motifs is 5. The Morgan fingerprint density at radius 1 is 1.19 bits per heavy atom. The fourth-order valence-electron chi connectivity index (χ4n) is 3.15. The molecule has 5 rings (SSSR count). The van der Waals surface area contributed by atoms with Gasteiger partial charge in [-0.15, -0.1) is 0 Å². The number of Topliss-reactive ketones (excluding diaryl/α,β-unsaturated/α-hetero) is 1. The molecule has 0 aromatic heterocycles. The average Bonchev–Trinajstić information content (AvgIpc) is 3.22. The highest BCUT2D eigenvalue weighted by Gasteiger charge is 2.56. The number of hydrogen-bond donors (Lipinski definition) is 0. The number of carbonyl (C=O) groups is 1. The van der Waals surface area contributed by atoms with Crippen molar-refractivity contribution in [3.8, 4) is 11.5 Å². The zero-order valence-electron chi connectivity index (χ0n) is 10.9. The minimum Gasteiger partial charge on any atom is -0.454 e. The summed E-state index contributed by atoms with van der Waals surface area (Å²) in [6.45, 7) is 0.570. The Morgan fingerprint density at radius 3 is 3.05 bits per heavy atom. The van der Waals surface area contributed by atoms with Crippen molar-refractivity contribution in [2.75, 3.05) is 13.4 Å². The van der Waals surface area contributed by atoms with Crippen LogP contribution in [0.1, 0.15) is 5.56 Å². The maximum atomic E-state index is 12.4. The minimum absolute atomic E-state index is 0.136. The Bertz CT molecular complexity index is 671. The summed E-state index contributed by atoms with van der Waals surface area (Å²) in [5.41, 5.74) is 1.40. The highest BCUT2D eigenvalue weighted by Crippen LogP contribution is 2.39. The quantitative estimate of drug-likeness (QED) is 0.747. The first-order valence-corrected chi connectivity index (χ1v) is 6.76. The van der Waals surface area contributed by atoms with Crippen LogP contribution in [0.4, 0.5) is 0 Å². The Morgan fingerprint density at radius 2 is 2.10 bits per heavy atom. The molecule has 0 N–H and O–H groups in total. The molecule has 4 heterocycles. The van der Waals surface area contributed by atoms with Crippen LogP contribution in [-0.4, -0.2) is 43.4 Å². The van der Waals surface area contributed by atoms with Crippen molar-refractivity contribution in [2.45, 2.75) is 18.5 Å². The van der Waals surface area contributed by atoms with Gasteiger partial charge in [0.2, 0.25) is 18.9 Å². The molecule has 2 fully saturated rings. The predicted octanol–water partition coefficient (Wildman–Crippen LogP) is 0.459. The van der Waals surface area contributed by atoms with E-state index in [1.54, 1.807) is 0 Å². The van der Waals surface area contributed by atoms with Gasteiger partial charge in [-0.05, 0) is 18.2 Å². The van der Waals surface area contributed by atoms with Crippen molar-refractivity contribution in [1.82, 2.24) is 0 Å². The van der Waals surface area contributed by atoms with E-state index in [4.69, 9.17) is 23.8 Å². The third-order valence-electron chi connectivity index (χ3n) is 4.18. The summed E-state index contributed by atoms with van der Waals surface area (Å²) in [6, 6.07) is 5.48. The van der Waals surface area contributed by atoms with Crippen LogP contribution < -0.4 is 9.47 Å². The van der Waals surface area contributed by atoms with Crippen molar-refractivity contribution >= 4 is 11.5 Å². The summed E-state index contributed by atoms with van der Waals surface area (Å²) < 4.78 is 21.5. The third kappa shape index (κ3) is 1.50. The van der Waals surface area contributed by atoms with E-state index in [0.29, 0.717) is 23.8 Å². The standard InChI is InChI=1S/C14H11NO6/c16-12-10-11(6-1-2-7-8(3-6)19-5-18-7)15-21-13(10)9-4-17-14(12)20-9/h1-3,9-10,13-14H,4-5H2/t9-,10-,13-,14+/m1/s1. The number of benzene rings is 1. The van der Waals surface area contributed by atoms with Crippen LogP contribution in [0.15, 0.2) is 23.4 Å². The van der Waals surface area contributed by atoms with Gasteiger partial charge in [0.25, 0.3) is 0 Å². The van der Waals surface area contributed by atoms with Gasteiger partial charge in [-0.25, -0.2) is 0 Å². The monoisotopic (exact) mass is 289 g/mol. The van der Waals surface area contributed by atoms with Gasteiger partial charge in [0.05, 0.1) is 6.61 Å². The van der Waals surface area contributed by atoms with E-state index in [-0.39, 0.29) is 18.7 Å². The number of hydrogen-bond acceptors (Lipinski definition) is 7. The van der Waals surface area contributed by atoms with Gasteiger partial charge >= 0.3 is 0 Å². The molecular weight excluding hydrogens is 278 g/mol. The van der Waals surface area contributed by atoms with Crippen LogP contribution in [0, 0.1) is 5.92 Å². The molecule has 21 heavy (non-hydrogen) atoms. The lowest BCUT2D eigenvalue weighted by Gasteiger charge is -2.27. The molecule has 0 amide bonds. The predicted molar refractivity (Wildman–Crippen MR) is 67.1 cm³/mol. The molecule has 0 radical (unpaired) electrons. The summed E-state index contributed by atoms with van der Waals surface area (Å²) in [5, 5.41) is 4.11. The first-order valence-electron chi connectivity index (χ1n) is 6.76. The molecule has 0 saturated carbocycles. The molecule has 4 atom stereocenters. The third-order valence-corrected chi connectivity index (χ3v) is 4.18. The second kappa shape index (κ2) is 3.96. The van der Waals surface area contributed by atoms with Crippen LogP contribution in [0.3, 0.4) is 0 Å². The van der Waals surface area contributed by atoms with E-state index in [0.717, 1.165) is 5.56 Å². The molecule has 7 heteroatoms. The largest absolute Gasteiger partial charge is 0.454 e. The van der Waals surface area contributed by atoms with E-state index in [1.807, 2.05) is 18.2 Å². The van der Waals surface area contributed by atoms with Crippen molar-refractivity contribution in [1.29, 1.82) is 0 Å². The lowest BCUT2D eigenvalue weighted by Crippen LogP contribution is -2.48. The smallest absolute Gasteiger partial charge is 0.231 e. The maximum absolute atomic E-state index is 12.4. The summed E-state index contributed by atoms with van der Waals surface area (Å²) in [5.74, 6) is 0.758. The SMILES string of the molecule is O=C1[C@H]2OC[C@@H](O2)[C@H]2ON=C(c3ccc4c(c3)OCO4)[C@H]12. The molecule has 0 aliphatic carbocycles. The highest BCUT2D eigenvalue weighted by molar-refractivity contribution is 6.16. The number of ether oxygens (including phenoxy) is 4. The lowest BCUT2D eigenvalue weighted by molar-refractivity contribution is -0.169. The number of rotatable bonds is 1. The van der Waals surface area contributed by atoms with Gasteiger partial charge in [-0.1, -0.05) is 5.16 Å². The van der Waals surface area contributed by atoms with Gasteiger partial charge in [-0.3, -0.25) is 4.79 Å². The maximum Gasteiger partial charge on any atom is 0.231 e. The lowest BCUT2D eigenvalue weighted by atomic mass is 9.85. The first-order chi connectivity index (χ1) is 10.3. The molecule has 4 aliphatic rings. The van der Waals surface area contributed by atoms with E-state index in [2.05, 4.69) is 5.16 Å². The van der Waals surface area contributed by atoms with Gasteiger partial charge in [0, 0.05) is 5.56 Å². The van der Waals surface area contributed by atoms with Crippen LogP contribution in [0.5, 0.6) is 11.5 Å². The van der Waals surface area contributed by atoms with Gasteiger partial charge in [0.15, 0.2) is 17.6 Å². The second-order valence-electron chi connectivity index (χ2n) is 5.33. The number of oxime groups is 1. The fraction of sp³-hybridized carbons (Fsp3) is 0.429. The first kappa shape index (κ1) is 11.5. The molecule has 2 bridgehead atoms. The number of carbonyl (C=O) groups excluding carboxylic acids is 1. The summed E-state index contributed by atoms with van der Waals surface area (Å²) in [6.07, 6.45) is -1.44. The molecule has 1 aromatic carbocycles. The van der Waals surface area contributed by atoms with E-state index < -0.39 is 18.3 Å². The molecule has 7 nitrogen and oxygen atoms in total. The zero-order valence-corrected chi connectivity index (χ0v) is 10.9. The van der Waals surface area contributed by atoms with Crippen molar-refractivity contribution in [3.05, 3.63) is 23.8 Å². The topological polar surface area (TPSA) is 75.6 Å². The molecule has 0 spiro atoms. The highest BCUT2D eigenvalue weighted by atomic mass is 16.8. The molecule has 108 valence electrons. The van der Waals surface area contributed by atoms with Crippen molar-refractivity contribution in [2.24, 2.45) is 11.1 Å². The molecule has 1 aromatic rings. The molecule has 4 aliphatic heterocycles. The van der Waals surface area contributed by atoms with Crippen LogP contribution >= 0.6 is 0 Å². The van der Waals surface area contributed by atoms with Crippen LogP contribution in [0.2, 0.25) is 0 Å².